The first-order valence-corrected chi connectivity index (χ1v) is 9.67. The minimum absolute atomic E-state index is 0.170. The van der Waals surface area contributed by atoms with Crippen LogP contribution < -0.4 is 0 Å². The van der Waals surface area contributed by atoms with Crippen LogP contribution in [0.15, 0.2) is 48.5 Å². The van der Waals surface area contributed by atoms with Crippen molar-refractivity contribution in [3.63, 3.8) is 0 Å². The van der Waals surface area contributed by atoms with Gasteiger partial charge in [0.2, 0.25) is 0 Å². The third-order valence-corrected chi connectivity index (χ3v) is 4.32. The van der Waals surface area contributed by atoms with Crippen molar-refractivity contribution in [3.8, 4) is 0 Å². The monoisotopic (exact) mass is 368 g/mol. The van der Waals surface area contributed by atoms with Gasteiger partial charge >= 0.3 is 11.9 Å². The number of unbranched alkanes of at least 4 members (excludes halogenated alkanes) is 2. The SMILES string of the molecule is CCCCOC(=O)c1c(CCCC)cccc1C(=O)OCc1ccccc1. The van der Waals surface area contributed by atoms with Gasteiger partial charge < -0.3 is 9.47 Å². The Morgan fingerprint density at radius 1 is 0.815 bits per heavy atom. The Morgan fingerprint density at radius 2 is 1.56 bits per heavy atom. The van der Waals surface area contributed by atoms with Crippen molar-refractivity contribution in [3.05, 3.63) is 70.8 Å². The highest BCUT2D eigenvalue weighted by Crippen LogP contribution is 2.20. The zero-order valence-electron chi connectivity index (χ0n) is 16.2. The Hall–Kier alpha value is -2.62. The van der Waals surface area contributed by atoms with Gasteiger partial charge in [-0.1, -0.05) is 69.2 Å². The molecular formula is C23H28O4. The molecular weight excluding hydrogens is 340 g/mol. The summed E-state index contributed by atoms with van der Waals surface area (Å²) in [6.07, 6.45) is 4.42. The van der Waals surface area contributed by atoms with Gasteiger partial charge in [0.1, 0.15) is 6.61 Å². The molecule has 0 aromatic heterocycles. The zero-order chi connectivity index (χ0) is 19.5. The Balaban J connectivity index is 2.21. The maximum Gasteiger partial charge on any atom is 0.339 e. The van der Waals surface area contributed by atoms with E-state index in [2.05, 4.69) is 6.92 Å². The van der Waals surface area contributed by atoms with E-state index in [4.69, 9.17) is 9.47 Å². The van der Waals surface area contributed by atoms with Crippen molar-refractivity contribution >= 4 is 11.9 Å². The molecule has 27 heavy (non-hydrogen) atoms. The average molecular weight is 368 g/mol. The van der Waals surface area contributed by atoms with Crippen LogP contribution in [0.2, 0.25) is 0 Å². The van der Waals surface area contributed by atoms with Gasteiger partial charge in [0.15, 0.2) is 0 Å². The number of rotatable bonds is 10. The maximum atomic E-state index is 12.7. The fraction of sp³-hybridized carbons (Fsp3) is 0.391. The van der Waals surface area contributed by atoms with Crippen molar-refractivity contribution < 1.29 is 19.1 Å². The molecule has 4 nitrogen and oxygen atoms in total. The van der Waals surface area contributed by atoms with Gasteiger partial charge in [-0.25, -0.2) is 9.59 Å². The van der Waals surface area contributed by atoms with Crippen LogP contribution >= 0.6 is 0 Å². The molecule has 0 saturated carbocycles. The Labute approximate surface area is 161 Å². The van der Waals surface area contributed by atoms with Crippen molar-refractivity contribution in [2.24, 2.45) is 0 Å². The quantitative estimate of drug-likeness (QED) is 0.419. The summed E-state index contributed by atoms with van der Waals surface area (Å²) in [5, 5.41) is 0. The van der Waals surface area contributed by atoms with E-state index in [9.17, 15) is 9.59 Å². The summed E-state index contributed by atoms with van der Waals surface area (Å²) in [5.74, 6) is -0.943. The molecule has 144 valence electrons. The topological polar surface area (TPSA) is 52.6 Å². The number of hydrogen-bond donors (Lipinski definition) is 0. The van der Waals surface area contributed by atoms with Crippen LogP contribution in [0.25, 0.3) is 0 Å². The smallest absolute Gasteiger partial charge is 0.339 e. The highest BCUT2D eigenvalue weighted by molar-refractivity contribution is 6.04. The van der Waals surface area contributed by atoms with Gasteiger partial charge in [-0.05, 0) is 36.5 Å². The molecule has 0 spiro atoms. The molecule has 0 bridgehead atoms. The molecule has 0 unspecified atom stereocenters. The first-order chi connectivity index (χ1) is 13.2. The molecule has 2 rings (SSSR count). The first-order valence-electron chi connectivity index (χ1n) is 9.67. The van der Waals surface area contributed by atoms with Crippen LogP contribution in [-0.4, -0.2) is 18.5 Å². The number of carbonyl (C=O) groups excluding carboxylic acids is 2. The van der Waals surface area contributed by atoms with Crippen LogP contribution in [0, 0.1) is 0 Å². The van der Waals surface area contributed by atoms with Crippen molar-refractivity contribution in [2.75, 3.05) is 6.61 Å². The van der Waals surface area contributed by atoms with Crippen LogP contribution in [0.4, 0.5) is 0 Å². The number of hydrogen-bond acceptors (Lipinski definition) is 4. The number of aryl methyl sites for hydroxylation is 1. The predicted molar refractivity (Wildman–Crippen MR) is 106 cm³/mol. The van der Waals surface area contributed by atoms with Gasteiger partial charge in [-0.15, -0.1) is 0 Å². The lowest BCUT2D eigenvalue weighted by atomic mass is 9.97. The molecule has 0 atom stereocenters. The molecule has 0 heterocycles. The summed E-state index contributed by atoms with van der Waals surface area (Å²) in [6.45, 7) is 4.66. The van der Waals surface area contributed by atoms with Crippen LogP contribution in [0.5, 0.6) is 0 Å². The van der Waals surface area contributed by atoms with Crippen LogP contribution in [-0.2, 0) is 22.5 Å². The van der Waals surface area contributed by atoms with E-state index in [1.807, 2.05) is 43.3 Å². The van der Waals surface area contributed by atoms with E-state index in [0.29, 0.717) is 12.2 Å². The third kappa shape index (κ3) is 6.24. The van der Waals surface area contributed by atoms with E-state index < -0.39 is 11.9 Å². The second-order valence-electron chi connectivity index (χ2n) is 6.49. The number of ether oxygens (including phenoxy) is 2. The molecule has 2 aromatic rings. The van der Waals surface area contributed by atoms with Gasteiger partial charge in [-0.2, -0.15) is 0 Å². The van der Waals surface area contributed by atoms with Crippen LogP contribution in [0.3, 0.4) is 0 Å². The van der Waals surface area contributed by atoms with Crippen molar-refractivity contribution in [1.29, 1.82) is 0 Å². The van der Waals surface area contributed by atoms with Crippen molar-refractivity contribution in [1.82, 2.24) is 0 Å². The van der Waals surface area contributed by atoms with Crippen LogP contribution in [0.1, 0.15) is 71.4 Å². The summed E-state index contributed by atoms with van der Waals surface area (Å²) in [5.41, 5.74) is 2.37. The van der Waals surface area contributed by atoms with E-state index in [1.54, 1.807) is 12.1 Å². The molecule has 0 N–H and O–H groups in total. The van der Waals surface area contributed by atoms with Crippen molar-refractivity contribution in [2.45, 2.75) is 52.6 Å². The summed E-state index contributed by atoms with van der Waals surface area (Å²) in [7, 11) is 0. The van der Waals surface area contributed by atoms with E-state index in [-0.39, 0.29) is 12.2 Å². The molecule has 0 radical (unpaired) electrons. The minimum atomic E-state index is -0.500. The van der Waals surface area contributed by atoms with Gasteiger partial charge in [0, 0.05) is 0 Å². The van der Waals surface area contributed by atoms with Gasteiger partial charge in [0.05, 0.1) is 17.7 Å². The summed E-state index contributed by atoms with van der Waals surface area (Å²) < 4.78 is 10.8. The molecule has 4 heteroatoms. The molecule has 2 aromatic carbocycles. The van der Waals surface area contributed by atoms with Gasteiger partial charge in [0.25, 0.3) is 0 Å². The van der Waals surface area contributed by atoms with E-state index >= 15 is 0 Å². The number of carbonyl (C=O) groups is 2. The fourth-order valence-corrected chi connectivity index (χ4v) is 2.77. The highest BCUT2D eigenvalue weighted by Gasteiger charge is 2.23. The second-order valence-corrected chi connectivity index (χ2v) is 6.49. The molecule has 0 aliphatic carbocycles. The summed E-state index contributed by atoms with van der Waals surface area (Å²) in [6, 6.07) is 14.8. The summed E-state index contributed by atoms with van der Waals surface area (Å²) in [4.78, 5) is 25.3. The van der Waals surface area contributed by atoms with E-state index in [0.717, 1.165) is 43.2 Å². The fourth-order valence-electron chi connectivity index (χ4n) is 2.77. The lowest BCUT2D eigenvalue weighted by Crippen LogP contribution is -2.17. The lowest BCUT2D eigenvalue weighted by Gasteiger charge is -2.14. The molecule has 0 fully saturated rings. The van der Waals surface area contributed by atoms with E-state index in [1.165, 1.54) is 0 Å². The first kappa shape index (κ1) is 20.7. The lowest BCUT2D eigenvalue weighted by molar-refractivity contribution is 0.0436. The second kappa shape index (κ2) is 11.2. The molecule has 0 saturated heterocycles. The largest absolute Gasteiger partial charge is 0.462 e. The molecule has 0 aliphatic rings. The molecule has 0 aliphatic heterocycles. The highest BCUT2D eigenvalue weighted by atomic mass is 16.5. The minimum Gasteiger partial charge on any atom is -0.462 e. The predicted octanol–water partition coefficient (Wildman–Crippen LogP) is 5.34. The summed E-state index contributed by atoms with van der Waals surface area (Å²) >= 11 is 0. The average Bonchev–Trinajstić information content (AvgIpc) is 2.71. The number of esters is 2. The normalized spacial score (nSPS) is 10.4. The Kier molecular flexibility index (Phi) is 8.56. The van der Waals surface area contributed by atoms with Gasteiger partial charge in [-0.3, -0.25) is 0 Å². The molecule has 0 amide bonds. The third-order valence-electron chi connectivity index (χ3n) is 4.32. The standard InChI is InChI=1S/C23H28O4/c1-3-5-13-19-14-10-15-20(21(19)23(25)26-16-6-4-2)22(24)27-17-18-11-8-7-9-12-18/h7-12,14-15H,3-6,13,16-17H2,1-2H3. The zero-order valence-corrected chi connectivity index (χ0v) is 16.2. The Morgan fingerprint density at radius 3 is 2.26 bits per heavy atom. The number of benzene rings is 2. The maximum absolute atomic E-state index is 12.7. The Bertz CT molecular complexity index is 737.